The molecule has 0 saturated heterocycles. The fourth-order valence-electron chi connectivity index (χ4n) is 9.55. The van der Waals surface area contributed by atoms with Gasteiger partial charge in [-0.3, -0.25) is 0 Å². The Kier molecular flexibility index (Phi) is 157. The van der Waals surface area contributed by atoms with E-state index in [1.165, 1.54) is 250 Å². The van der Waals surface area contributed by atoms with Crippen LogP contribution in [-0.2, 0) is 0 Å². The van der Waals surface area contributed by atoms with Crippen LogP contribution in [0.1, 0.15) is 541 Å². The van der Waals surface area contributed by atoms with Gasteiger partial charge >= 0.3 is 0 Å². The van der Waals surface area contributed by atoms with Crippen LogP contribution >= 0.6 is 0 Å². The Morgan fingerprint density at radius 3 is 0.624 bits per heavy atom. The van der Waals surface area contributed by atoms with Crippen LogP contribution in [0.25, 0.3) is 0 Å². The summed E-state index contributed by atoms with van der Waals surface area (Å²) in [6, 6.07) is 0. The summed E-state index contributed by atoms with van der Waals surface area (Å²) in [5, 5.41) is 0. The van der Waals surface area contributed by atoms with E-state index >= 15 is 0 Å². The Morgan fingerprint density at radius 1 is 0.237 bits per heavy atom. The lowest BCUT2D eigenvalue weighted by atomic mass is 9.91. The van der Waals surface area contributed by atoms with Gasteiger partial charge in [-0.05, 0) is 82.9 Å². The Labute approximate surface area is 607 Å². The Morgan fingerprint density at radius 2 is 0.495 bits per heavy atom. The van der Waals surface area contributed by atoms with Crippen molar-refractivity contribution in [3.63, 3.8) is 0 Å². The van der Waals surface area contributed by atoms with E-state index in [0.717, 1.165) is 59.2 Å². The summed E-state index contributed by atoms with van der Waals surface area (Å²) in [4.78, 5) is 0. The van der Waals surface area contributed by atoms with E-state index in [4.69, 9.17) is 0 Å². The topological polar surface area (TPSA) is 0 Å². The predicted molar refractivity (Wildman–Crippen MR) is 458 cm³/mol. The Balaban J connectivity index is -0.0000000606. The maximum atomic E-state index is 2.34. The summed E-state index contributed by atoms with van der Waals surface area (Å²) in [7, 11) is 0. The molecule has 0 fully saturated rings. The number of unbranched alkanes of at least 4 members (excludes halogenated alkanes) is 15. The van der Waals surface area contributed by atoms with Crippen LogP contribution in [0.5, 0.6) is 0 Å². The van der Waals surface area contributed by atoms with Gasteiger partial charge in [0.15, 0.2) is 0 Å². The van der Waals surface area contributed by atoms with Gasteiger partial charge < -0.3 is 0 Å². The molecule has 0 nitrogen and oxygen atoms in total. The van der Waals surface area contributed by atoms with Crippen molar-refractivity contribution < 1.29 is 0 Å². The molecule has 0 saturated carbocycles. The van der Waals surface area contributed by atoms with Crippen molar-refractivity contribution in [3.8, 4) is 0 Å². The molecule has 0 amide bonds. The van der Waals surface area contributed by atoms with Gasteiger partial charge in [-0.1, -0.05) is 528 Å². The lowest BCUT2D eigenvalue weighted by Gasteiger charge is -2.15. The van der Waals surface area contributed by atoms with Crippen molar-refractivity contribution in [1.82, 2.24) is 0 Å². The molecular formula is C93H214. The van der Waals surface area contributed by atoms with Crippen molar-refractivity contribution in [3.05, 3.63) is 0 Å². The first-order valence-corrected chi connectivity index (χ1v) is 43.3. The molecule has 0 heterocycles. The summed E-state index contributed by atoms with van der Waals surface area (Å²) in [5.41, 5.74) is 1.05. The molecule has 0 aliphatic heterocycles. The van der Waals surface area contributed by atoms with E-state index < -0.39 is 0 Å². The average Bonchev–Trinajstić information content (AvgIpc) is 3.62. The third-order valence-corrected chi connectivity index (χ3v) is 15.2. The molecule has 0 radical (unpaired) electrons. The zero-order valence-corrected chi connectivity index (χ0v) is 76.4. The quantitative estimate of drug-likeness (QED) is 0.0549. The van der Waals surface area contributed by atoms with E-state index in [1.54, 1.807) is 0 Å². The molecular weight excluding hydrogens is 1120 g/mol. The van der Waals surface area contributed by atoms with Crippen LogP contribution in [0.2, 0.25) is 0 Å². The summed E-state index contributed by atoms with van der Waals surface area (Å²) < 4.78 is 0. The first-order chi connectivity index (χ1) is 43.3. The van der Waals surface area contributed by atoms with Crippen LogP contribution in [0.4, 0.5) is 0 Å². The second-order valence-electron chi connectivity index (χ2n) is 33.4. The molecule has 0 aromatic carbocycles. The minimum Gasteiger partial charge on any atom is -0.0656 e. The maximum Gasteiger partial charge on any atom is -0.0383 e. The number of rotatable bonds is 36. The van der Waals surface area contributed by atoms with Crippen LogP contribution in [0, 0.1) is 70.0 Å². The molecule has 93 heavy (non-hydrogen) atoms. The van der Waals surface area contributed by atoms with Crippen LogP contribution in [0.3, 0.4) is 0 Å². The van der Waals surface area contributed by atoms with Crippen LogP contribution < -0.4 is 0 Å². The lowest BCUT2D eigenvalue weighted by molar-refractivity contribution is 0.362. The highest BCUT2D eigenvalue weighted by molar-refractivity contribution is 4.59. The average molecular weight is 1330 g/mol. The van der Waals surface area contributed by atoms with Gasteiger partial charge in [0.1, 0.15) is 0 Å². The van der Waals surface area contributed by atoms with Gasteiger partial charge in [0, 0.05) is 0 Å². The predicted octanol–water partition coefficient (Wildman–Crippen LogP) is 38.0. The molecule has 0 aromatic heterocycles. The van der Waals surface area contributed by atoms with Crippen molar-refractivity contribution in [2.75, 3.05) is 0 Å². The highest BCUT2D eigenvalue weighted by Crippen LogP contribution is 2.20. The van der Waals surface area contributed by atoms with E-state index in [0.29, 0.717) is 10.8 Å². The van der Waals surface area contributed by atoms with Crippen molar-refractivity contribution in [2.45, 2.75) is 541 Å². The van der Waals surface area contributed by atoms with Gasteiger partial charge in [-0.25, -0.2) is 0 Å². The summed E-state index contributed by atoms with van der Waals surface area (Å²) in [5.74, 6) is 9.17. The second-order valence-corrected chi connectivity index (χ2v) is 33.4. The molecule has 0 aliphatic carbocycles. The second kappa shape index (κ2) is 116. The SMILES string of the molecule is CC(C)(C)C.CC(C)C.CC(C)CC(C)C.CCC.CCC(CC)C(C)C.CCC(CC)CC.CCCC(C)(C)C.CCCC(C)C.CCCC(C)CCC.CCCCC.CCCCC(CC)CC.CCCCCC(C)C.CCCCCCC.CCCCCCCCC. The molecule has 0 aromatic rings. The van der Waals surface area contributed by atoms with Gasteiger partial charge in [-0.15, -0.1) is 0 Å². The van der Waals surface area contributed by atoms with Gasteiger partial charge in [0.05, 0.1) is 0 Å². The summed E-state index contributed by atoms with van der Waals surface area (Å²) in [6.07, 6.45) is 53.9. The van der Waals surface area contributed by atoms with Gasteiger partial charge in [-0.2, -0.15) is 0 Å². The van der Waals surface area contributed by atoms with Crippen molar-refractivity contribution in [1.29, 1.82) is 0 Å². The molecule has 0 spiro atoms. The van der Waals surface area contributed by atoms with Crippen molar-refractivity contribution in [2.24, 2.45) is 70.0 Å². The third kappa shape index (κ3) is 238. The summed E-state index contributed by atoms with van der Waals surface area (Å²) in [6.45, 7) is 94.2. The molecule has 586 valence electrons. The van der Waals surface area contributed by atoms with Crippen molar-refractivity contribution >= 4 is 0 Å². The molecule has 0 N–H and O–H groups in total. The maximum absolute atomic E-state index is 2.34. The first kappa shape index (κ1) is 126. The normalized spacial score (nSPS) is 10.3. The van der Waals surface area contributed by atoms with Crippen LogP contribution in [-0.4, -0.2) is 0 Å². The summed E-state index contributed by atoms with van der Waals surface area (Å²) >= 11 is 0. The molecule has 0 bridgehead atoms. The highest BCUT2D eigenvalue weighted by atomic mass is 14.1. The molecule has 0 aliphatic rings. The Bertz CT molecular complexity index is 946. The van der Waals surface area contributed by atoms with E-state index in [2.05, 4.69) is 291 Å². The molecule has 0 atom stereocenters. The fraction of sp³-hybridized carbons (Fsp3) is 1.00. The van der Waals surface area contributed by atoms with E-state index in [1.807, 2.05) is 0 Å². The number of hydrogen-bond donors (Lipinski definition) is 0. The first-order valence-electron chi connectivity index (χ1n) is 43.3. The largest absolute Gasteiger partial charge is 0.0656 e. The molecule has 0 heteroatoms. The van der Waals surface area contributed by atoms with E-state index in [-0.39, 0.29) is 0 Å². The minimum atomic E-state index is 0.500. The molecule has 0 rings (SSSR count). The third-order valence-electron chi connectivity index (χ3n) is 15.2. The minimum absolute atomic E-state index is 0.500. The zero-order valence-electron chi connectivity index (χ0n) is 76.4. The molecule has 0 unspecified atom stereocenters. The Hall–Kier alpha value is 0. The van der Waals surface area contributed by atoms with Gasteiger partial charge in [0.25, 0.3) is 0 Å². The monoisotopic (exact) mass is 1330 g/mol. The zero-order chi connectivity index (χ0) is 76.4. The number of hydrogen-bond acceptors (Lipinski definition) is 0. The van der Waals surface area contributed by atoms with E-state index in [9.17, 15) is 0 Å². The van der Waals surface area contributed by atoms with Crippen LogP contribution in [0.15, 0.2) is 0 Å². The smallest absolute Gasteiger partial charge is 0.0383 e. The fourth-order valence-corrected chi connectivity index (χ4v) is 9.55. The van der Waals surface area contributed by atoms with Gasteiger partial charge in [0.2, 0.25) is 0 Å². The standard InChI is InChI=1S/2C9H20.3C8H18.4C7H16.C6H14.2C5H12.C4H10.C3H8/c1-4-7-8-9(5-2)6-3;1-3-5-7-9-8-6-4-2;1-5-8(6-2)7(3)4;1-4-5-6-7-8(2)3;1-4-6-8(3)7-5-2;1-6(2)5-7(3)4;1-5-6-7(2,3)4;1-4-7(5-2)6-3;1-3-5-7-6-4-2;1-4-5-6(2)3;1-5(2,3)4;1-3-5-4-2;1-4(2)3;1-3-2/h9H,4-8H2,1-3H3;3-9H2,1-2H3;7-8H,5-6H2,1-4H3;2*8H,4-7H2,1-3H3;6-7H,5H2,1-4H3;5-6H2,1-4H3;7H,4-6H2,1-3H3;3-7H2,1-2H3;6H,4-5H2,1-3H3;1-4H3;3-5H2,1-2H3;4H,1-3H3;3H2,1-2H3. The lowest BCUT2D eigenvalue weighted by Crippen LogP contribution is -2.04. The highest BCUT2D eigenvalue weighted by Gasteiger charge is 2.07.